The van der Waals surface area contributed by atoms with Gasteiger partial charge < -0.3 is 14.7 Å². The van der Waals surface area contributed by atoms with Crippen molar-refractivity contribution in [2.75, 3.05) is 32.2 Å². The van der Waals surface area contributed by atoms with E-state index in [-0.39, 0.29) is 6.61 Å². The molecule has 0 fully saturated rings. The van der Waals surface area contributed by atoms with E-state index < -0.39 is 17.8 Å². The van der Waals surface area contributed by atoms with E-state index in [0.717, 1.165) is 12.1 Å². The van der Waals surface area contributed by atoms with Gasteiger partial charge >= 0.3 is 6.18 Å². The van der Waals surface area contributed by atoms with Crippen LogP contribution in [-0.4, -0.2) is 38.5 Å². The third-order valence-electron chi connectivity index (χ3n) is 2.48. The highest BCUT2D eigenvalue weighted by Crippen LogP contribution is 2.30. The number of hydrogen-bond acceptors (Lipinski definition) is 3. The number of benzene rings is 1. The molecule has 1 atom stereocenters. The number of ether oxygens (including phenoxy) is 1. The van der Waals surface area contributed by atoms with Crippen molar-refractivity contribution in [1.82, 2.24) is 0 Å². The highest BCUT2D eigenvalue weighted by Gasteiger charge is 2.30. The number of hydrogen-bond donors (Lipinski definition) is 1. The van der Waals surface area contributed by atoms with Gasteiger partial charge in [0.05, 0.1) is 18.3 Å². The summed E-state index contributed by atoms with van der Waals surface area (Å²) < 4.78 is 41.9. The van der Waals surface area contributed by atoms with Crippen LogP contribution in [0.25, 0.3) is 0 Å². The zero-order valence-corrected chi connectivity index (χ0v) is 10.2. The summed E-state index contributed by atoms with van der Waals surface area (Å²) >= 11 is 0. The SMILES string of the molecule is COCC(O)CN(C)c1ccc(C(F)(F)F)cc1. The number of aliphatic hydroxyl groups is 1. The van der Waals surface area contributed by atoms with Crippen molar-refractivity contribution in [3.8, 4) is 0 Å². The van der Waals surface area contributed by atoms with E-state index in [1.54, 1.807) is 11.9 Å². The normalized spacial score (nSPS) is 13.4. The Balaban J connectivity index is 2.67. The maximum absolute atomic E-state index is 12.4. The third-order valence-corrected chi connectivity index (χ3v) is 2.48. The molecule has 0 spiro atoms. The highest BCUT2D eigenvalue weighted by molar-refractivity contribution is 5.47. The van der Waals surface area contributed by atoms with Gasteiger partial charge in [0.15, 0.2) is 0 Å². The van der Waals surface area contributed by atoms with E-state index in [1.807, 2.05) is 0 Å². The van der Waals surface area contributed by atoms with E-state index >= 15 is 0 Å². The first-order valence-corrected chi connectivity index (χ1v) is 5.40. The number of alkyl halides is 3. The largest absolute Gasteiger partial charge is 0.416 e. The predicted octanol–water partition coefficient (Wildman–Crippen LogP) is 2.15. The lowest BCUT2D eigenvalue weighted by Crippen LogP contribution is -2.31. The van der Waals surface area contributed by atoms with Gasteiger partial charge in [0.1, 0.15) is 0 Å². The van der Waals surface area contributed by atoms with Crippen molar-refractivity contribution in [2.24, 2.45) is 0 Å². The highest BCUT2D eigenvalue weighted by atomic mass is 19.4. The number of anilines is 1. The molecule has 0 aliphatic carbocycles. The van der Waals surface area contributed by atoms with Gasteiger partial charge in [-0.05, 0) is 24.3 Å². The molecule has 0 heterocycles. The number of nitrogens with zero attached hydrogens (tertiary/aromatic N) is 1. The van der Waals surface area contributed by atoms with Gasteiger partial charge in [0.25, 0.3) is 0 Å². The van der Waals surface area contributed by atoms with Crippen molar-refractivity contribution in [3.63, 3.8) is 0 Å². The van der Waals surface area contributed by atoms with E-state index in [4.69, 9.17) is 4.74 Å². The maximum atomic E-state index is 12.4. The molecule has 0 bridgehead atoms. The first-order valence-electron chi connectivity index (χ1n) is 5.40. The Bertz CT molecular complexity index is 365. The Morgan fingerprint density at radius 1 is 1.28 bits per heavy atom. The average Bonchev–Trinajstić information content (AvgIpc) is 2.28. The number of aliphatic hydroxyl groups excluding tert-OH is 1. The van der Waals surface area contributed by atoms with Crippen molar-refractivity contribution in [2.45, 2.75) is 12.3 Å². The molecule has 0 saturated heterocycles. The standard InChI is InChI=1S/C12H16F3NO2/c1-16(7-11(17)8-18-2)10-5-3-9(4-6-10)12(13,14)15/h3-6,11,17H,7-8H2,1-2H3. The van der Waals surface area contributed by atoms with E-state index in [9.17, 15) is 18.3 Å². The maximum Gasteiger partial charge on any atom is 0.416 e. The predicted molar refractivity (Wildman–Crippen MR) is 62.6 cm³/mol. The molecule has 6 heteroatoms. The van der Waals surface area contributed by atoms with E-state index in [2.05, 4.69) is 0 Å². The zero-order chi connectivity index (χ0) is 13.8. The number of halogens is 3. The van der Waals surface area contributed by atoms with Crippen LogP contribution in [0.5, 0.6) is 0 Å². The molecular weight excluding hydrogens is 247 g/mol. The molecule has 0 aromatic heterocycles. The van der Waals surface area contributed by atoms with Crippen LogP contribution < -0.4 is 4.90 Å². The summed E-state index contributed by atoms with van der Waals surface area (Å²) in [6.45, 7) is 0.476. The fraction of sp³-hybridized carbons (Fsp3) is 0.500. The second kappa shape index (κ2) is 6.06. The molecule has 1 unspecified atom stereocenters. The van der Waals surface area contributed by atoms with Gasteiger partial charge in [0.2, 0.25) is 0 Å². The van der Waals surface area contributed by atoms with Crippen molar-refractivity contribution in [3.05, 3.63) is 29.8 Å². The topological polar surface area (TPSA) is 32.7 Å². The molecule has 1 aromatic rings. The summed E-state index contributed by atoms with van der Waals surface area (Å²) in [5, 5.41) is 9.52. The van der Waals surface area contributed by atoms with Crippen LogP contribution in [0.2, 0.25) is 0 Å². The first kappa shape index (κ1) is 14.8. The average molecular weight is 263 g/mol. The zero-order valence-electron chi connectivity index (χ0n) is 10.2. The minimum Gasteiger partial charge on any atom is -0.389 e. The first-order chi connectivity index (χ1) is 8.34. The van der Waals surface area contributed by atoms with Gasteiger partial charge in [-0.2, -0.15) is 13.2 Å². The van der Waals surface area contributed by atoms with Crippen LogP contribution in [0, 0.1) is 0 Å². The van der Waals surface area contributed by atoms with Crippen LogP contribution in [0.1, 0.15) is 5.56 Å². The second-order valence-corrected chi connectivity index (χ2v) is 4.03. The summed E-state index contributed by atoms with van der Waals surface area (Å²) in [6.07, 6.45) is -5.01. The molecule has 0 aliphatic heterocycles. The molecule has 0 saturated carbocycles. The lowest BCUT2D eigenvalue weighted by molar-refractivity contribution is -0.137. The lowest BCUT2D eigenvalue weighted by atomic mass is 10.2. The Morgan fingerprint density at radius 3 is 2.28 bits per heavy atom. The number of rotatable bonds is 5. The molecular formula is C12H16F3NO2. The molecule has 1 aromatic carbocycles. The summed E-state index contributed by atoms with van der Waals surface area (Å²) in [5.41, 5.74) is -0.0738. The lowest BCUT2D eigenvalue weighted by Gasteiger charge is -2.22. The summed E-state index contributed by atoms with van der Waals surface area (Å²) in [6, 6.07) is 4.80. The number of likely N-dealkylation sites (N-methyl/N-ethyl adjacent to an activating group) is 1. The van der Waals surface area contributed by atoms with Crippen molar-refractivity contribution in [1.29, 1.82) is 0 Å². The van der Waals surface area contributed by atoms with Crippen LogP contribution >= 0.6 is 0 Å². The van der Waals surface area contributed by atoms with Gasteiger partial charge in [-0.25, -0.2) is 0 Å². The Labute approximate surface area is 104 Å². The van der Waals surface area contributed by atoms with Crippen LogP contribution in [0.15, 0.2) is 24.3 Å². The Kier molecular flexibility index (Phi) is 4.98. The van der Waals surface area contributed by atoms with Crippen LogP contribution in [0.4, 0.5) is 18.9 Å². The van der Waals surface area contributed by atoms with Crippen LogP contribution in [0.3, 0.4) is 0 Å². The third kappa shape index (κ3) is 4.19. The van der Waals surface area contributed by atoms with Gasteiger partial charge in [-0.15, -0.1) is 0 Å². The quantitative estimate of drug-likeness (QED) is 0.883. The molecule has 18 heavy (non-hydrogen) atoms. The summed E-state index contributed by atoms with van der Waals surface area (Å²) in [7, 11) is 3.17. The summed E-state index contributed by atoms with van der Waals surface area (Å²) in [5.74, 6) is 0. The Morgan fingerprint density at radius 2 is 1.83 bits per heavy atom. The molecule has 0 aliphatic rings. The smallest absolute Gasteiger partial charge is 0.389 e. The fourth-order valence-corrected chi connectivity index (χ4v) is 1.57. The van der Waals surface area contributed by atoms with Gasteiger partial charge in [-0.1, -0.05) is 0 Å². The van der Waals surface area contributed by atoms with Gasteiger partial charge in [-0.3, -0.25) is 0 Å². The van der Waals surface area contributed by atoms with E-state index in [0.29, 0.717) is 12.2 Å². The molecule has 1 rings (SSSR count). The molecule has 0 radical (unpaired) electrons. The number of methoxy groups -OCH3 is 1. The summed E-state index contributed by atoms with van der Waals surface area (Å²) in [4.78, 5) is 1.67. The van der Waals surface area contributed by atoms with Crippen molar-refractivity contribution < 1.29 is 23.0 Å². The molecule has 3 nitrogen and oxygen atoms in total. The van der Waals surface area contributed by atoms with Crippen molar-refractivity contribution >= 4 is 5.69 Å². The molecule has 102 valence electrons. The second-order valence-electron chi connectivity index (χ2n) is 4.03. The molecule has 0 amide bonds. The minimum absolute atomic E-state index is 0.185. The van der Waals surface area contributed by atoms with E-state index in [1.165, 1.54) is 19.2 Å². The van der Waals surface area contributed by atoms with Crippen LogP contribution in [-0.2, 0) is 10.9 Å². The Hall–Kier alpha value is -1.27. The minimum atomic E-state index is -4.33. The monoisotopic (exact) mass is 263 g/mol. The fourth-order valence-electron chi connectivity index (χ4n) is 1.57. The molecule has 1 N–H and O–H groups in total. The van der Waals surface area contributed by atoms with Gasteiger partial charge in [0, 0.05) is 26.4 Å².